The molecule has 2 aromatic rings. The molecule has 2 rings (SSSR count). The van der Waals surface area contributed by atoms with E-state index >= 15 is 0 Å². The van der Waals surface area contributed by atoms with E-state index in [1.165, 1.54) is 18.2 Å². The summed E-state index contributed by atoms with van der Waals surface area (Å²) in [7, 11) is -4.05. The second-order valence-corrected chi connectivity index (χ2v) is 6.76. The van der Waals surface area contributed by atoms with Crippen LogP contribution in [0.2, 0.25) is 5.02 Å². The molecular weight excluding hydrogens is 345 g/mol. The minimum absolute atomic E-state index is 0.0229. The van der Waals surface area contributed by atoms with Gasteiger partial charge in [-0.3, -0.25) is 14.5 Å². The SMILES string of the molecule is NNC(=O)CN(c1ccc(F)c(Cl)c1)S(=O)(=O)c1ccccc1. The highest BCUT2D eigenvalue weighted by molar-refractivity contribution is 7.92. The lowest BCUT2D eigenvalue weighted by Crippen LogP contribution is -2.43. The van der Waals surface area contributed by atoms with Crippen LogP contribution in [0.5, 0.6) is 0 Å². The standard InChI is InChI=1S/C14H13ClFN3O3S/c15-12-8-10(6-7-13(12)16)19(9-14(20)18-17)23(21,22)11-4-2-1-3-5-11/h1-8H,9,17H2,(H,18,20). The average Bonchev–Trinajstić information content (AvgIpc) is 2.55. The number of nitrogens with zero attached hydrogens (tertiary/aromatic N) is 1. The van der Waals surface area contributed by atoms with Crippen molar-refractivity contribution in [2.24, 2.45) is 5.84 Å². The molecule has 0 fully saturated rings. The van der Waals surface area contributed by atoms with Gasteiger partial charge in [-0.25, -0.2) is 18.7 Å². The first kappa shape index (κ1) is 17.2. The molecule has 0 aliphatic heterocycles. The van der Waals surface area contributed by atoms with Crippen molar-refractivity contribution in [2.45, 2.75) is 4.90 Å². The molecule has 0 spiro atoms. The number of benzene rings is 2. The van der Waals surface area contributed by atoms with Gasteiger partial charge in [0.15, 0.2) is 0 Å². The van der Waals surface area contributed by atoms with Crippen molar-refractivity contribution in [3.05, 3.63) is 59.4 Å². The van der Waals surface area contributed by atoms with Gasteiger partial charge in [0.05, 0.1) is 15.6 Å². The van der Waals surface area contributed by atoms with Crippen LogP contribution in [0.15, 0.2) is 53.4 Å². The topological polar surface area (TPSA) is 92.5 Å². The van der Waals surface area contributed by atoms with Gasteiger partial charge in [-0.05, 0) is 30.3 Å². The molecule has 0 aliphatic rings. The maximum absolute atomic E-state index is 13.3. The summed E-state index contributed by atoms with van der Waals surface area (Å²) in [6.07, 6.45) is 0. The fourth-order valence-corrected chi connectivity index (χ4v) is 3.46. The molecule has 0 bridgehead atoms. The summed E-state index contributed by atoms with van der Waals surface area (Å²) in [5, 5.41) is -0.260. The van der Waals surface area contributed by atoms with Crippen molar-refractivity contribution in [1.82, 2.24) is 5.43 Å². The van der Waals surface area contributed by atoms with E-state index in [9.17, 15) is 17.6 Å². The third kappa shape index (κ3) is 3.79. The number of nitrogens with two attached hydrogens (primary N) is 1. The van der Waals surface area contributed by atoms with Crippen molar-refractivity contribution in [1.29, 1.82) is 0 Å². The third-order valence-electron chi connectivity index (χ3n) is 2.97. The lowest BCUT2D eigenvalue weighted by Gasteiger charge is -2.24. The second kappa shape index (κ2) is 6.95. The third-order valence-corrected chi connectivity index (χ3v) is 5.05. The molecule has 0 saturated carbocycles. The van der Waals surface area contributed by atoms with Gasteiger partial charge >= 0.3 is 0 Å². The molecule has 0 aliphatic carbocycles. The van der Waals surface area contributed by atoms with Crippen LogP contribution >= 0.6 is 11.6 Å². The molecule has 0 saturated heterocycles. The number of carbonyl (C=O) groups is 1. The number of hydrogen-bond acceptors (Lipinski definition) is 4. The first-order valence-electron chi connectivity index (χ1n) is 6.38. The Morgan fingerprint density at radius 2 is 1.87 bits per heavy atom. The molecule has 2 aromatic carbocycles. The number of rotatable bonds is 5. The summed E-state index contributed by atoms with van der Waals surface area (Å²) in [6.45, 7) is -0.574. The zero-order valence-electron chi connectivity index (χ0n) is 11.7. The lowest BCUT2D eigenvalue weighted by molar-refractivity contribution is -0.119. The minimum Gasteiger partial charge on any atom is -0.293 e. The predicted octanol–water partition coefficient (Wildman–Crippen LogP) is 1.66. The van der Waals surface area contributed by atoms with E-state index in [-0.39, 0.29) is 15.6 Å². The van der Waals surface area contributed by atoms with Gasteiger partial charge in [-0.1, -0.05) is 29.8 Å². The van der Waals surface area contributed by atoms with Crippen LogP contribution < -0.4 is 15.6 Å². The predicted molar refractivity (Wildman–Crippen MR) is 84.7 cm³/mol. The van der Waals surface area contributed by atoms with Crippen LogP contribution in [0.3, 0.4) is 0 Å². The Morgan fingerprint density at radius 3 is 2.43 bits per heavy atom. The Bertz CT molecular complexity index is 815. The molecule has 9 heteroatoms. The molecular formula is C14H13ClFN3O3S. The zero-order chi connectivity index (χ0) is 17.0. The first-order chi connectivity index (χ1) is 10.9. The molecule has 122 valence electrons. The number of sulfonamides is 1. The Morgan fingerprint density at radius 1 is 1.22 bits per heavy atom. The first-order valence-corrected chi connectivity index (χ1v) is 8.20. The van der Waals surface area contributed by atoms with Crippen LogP contribution in [-0.4, -0.2) is 20.9 Å². The summed E-state index contributed by atoms with van der Waals surface area (Å²) >= 11 is 5.70. The summed E-state index contributed by atoms with van der Waals surface area (Å²) in [6, 6.07) is 10.9. The average molecular weight is 358 g/mol. The second-order valence-electron chi connectivity index (χ2n) is 4.49. The van der Waals surface area contributed by atoms with E-state index in [4.69, 9.17) is 17.4 Å². The quantitative estimate of drug-likeness (QED) is 0.483. The molecule has 0 heterocycles. The molecule has 0 atom stereocenters. The van der Waals surface area contributed by atoms with Crippen molar-refractivity contribution in [3.8, 4) is 0 Å². The Kier molecular flexibility index (Phi) is 5.19. The van der Waals surface area contributed by atoms with Gasteiger partial charge in [-0.15, -0.1) is 0 Å². The molecule has 0 unspecified atom stereocenters. The van der Waals surface area contributed by atoms with Crippen molar-refractivity contribution in [3.63, 3.8) is 0 Å². The molecule has 3 N–H and O–H groups in total. The number of anilines is 1. The number of nitrogens with one attached hydrogen (secondary N) is 1. The highest BCUT2D eigenvalue weighted by atomic mass is 35.5. The monoisotopic (exact) mass is 357 g/mol. The van der Waals surface area contributed by atoms with Gasteiger partial charge in [0.1, 0.15) is 12.4 Å². The molecule has 23 heavy (non-hydrogen) atoms. The Labute approximate surface area is 137 Å². The lowest BCUT2D eigenvalue weighted by atomic mass is 10.3. The van der Waals surface area contributed by atoms with Gasteiger partial charge in [0.25, 0.3) is 15.9 Å². The van der Waals surface area contributed by atoms with E-state index < -0.39 is 28.3 Å². The Balaban J connectivity index is 2.54. The van der Waals surface area contributed by atoms with Crippen molar-refractivity contribution in [2.75, 3.05) is 10.8 Å². The van der Waals surface area contributed by atoms with Gasteiger partial charge < -0.3 is 0 Å². The number of carbonyl (C=O) groups excluding carboxylic acids is 1. The van der Waals surface area contributed by atoms with E-state index in [0.717, 1.165) is 16.4 Å². The van der Waals surface area contributed by atoms with Crippen LogP contribution in [-0.2, 0) is 14.8 Å². The molecule has 0 radical (unpaired) electrons. The molecule has 0 aromatic heterocycles. The highest BCUT2D eigenvalue weighted by Gasteiger charge is 2.27. The minimum atomic E-state index is -4.05. The van der Waals surface area contributed by atoms with Crippen molar-refractivity contribution < 1.29 is 17.6 Å². The van der Waals surface area contributed by atoms with Gasteiger partial charge in [0, 0.05) is 0 Å². The zero-order valence-corrected chi connectivity index (χ0v) is 13.3. The highest BCUT2D eigenvalue weighted by Crippen LogP contribution is 2.27. The van der Waals surface area contributed by atoms with Gasteiger partial charge in [0.2, 0.25) is 0 Å². The summed E-state index contributed by atoms with van der Waals surface area (Å²) in [4.78, 5) is 11.6. The van der Waals surface area contributed by atoms with E-state index in [1.54, 1.807) is 18.2 Å². The smallest absolute Gasteiger partial charge is 0.264 e. The number of hydrogen-bond donors (Lipinski definition) is 2. The summed E-state index contributed by atoms with van der Waals surface area (Å²) in [5.41, 5.74) is 1.91. The normalized spacial score (nSPS) is 11.1. The summed E-state index contributed by atoms with van der Waals surface area (Å²) in [5.74, 6) is 3.60. The number of hydrazine groups is 1. The van der Waals surface area contributed by atoms with Crippen molar-refractivity contribution >= 4 is 33.2 Å². The summed E-state index contributed by atoms with van der Waals surface area (Å²) < 4.78 is 39.6. The van der Waals surface area contributed by atoms with Gasteiger partial charge in [-0.2, -0.15) is 0 Å². The maximum atomic E-state index is 13.3. The van der Waals surface area contributed by atoms with Crippen LogP contribution in [0, 0.1) is 5.82 Å². The van der Waals surface area contributed by atoms with E-state index in [1.807, 2.05) is 5.43 Å². The number of amides is 1. The number of halogens is 2. The van der Waals surface area contributed by atoms with Crippen LogP contribution in [0.4, 0.5) is 10.1 Å². The fraction of sp³-hybridized carbons (Fsp3) is 0.0714. The largest absolute Gasteiger partial charge is 0.293 e. The Hall–Kier alpha value is -2.16. The maximum Gasteiger partial charge on any atom is 0.264 e. The molecule has 6 nitrogen and oxygen atoms in total. The fourth-order valence-electron chi connectivity index (χ4n) is 1.85. The van der Waals surface area contributed by atoms with E-state index in [0.29, 0.717) is 0 Å². The van der Waals surface area contributed by atoms with Crippen LogP contribution in [0.25, 0.3) is 0 Å². The van der Waals surface area contributed by atoms with Crippen LogP contribution in [0.1, 0.15) is 0 Å². The van der Waals surface area contributed by atoms with E-state index in [2.05, 4.69) is 0 Å². The molecule has 1 amide bonds.